The lowest BCUT2D eigenvalue weighted by Gasteiger charge is -2.12. The summed E-state index contributed by atoms with van der Waals surface area (Å²) in [6.45, 7) is 0. The summed E-state index contributed by atoms with van der Waals surface area (Å²) >= 11 is 0. The average Bonchev–Trinajstić information content (AvgIpc) is 2.97. The molecule has 6 nitrogen and oxygen atoms in total. The van der Waals surface area contributed by atoms with Gasteiger partial charge < -0.3 is 14.4 Å². The highest BCUT2D eigenvalue weighted by Crippen LogP contribution is 2.25. The second kappa shape index (κ2) is 6.55. The third-order valence-electron chi connectivity index (χ3n) is 4.23. The number of benzene rings is 1. The van der Waals surface area contributed by atoms with E-state index in [4.69, 9.17) is 0 Å². The number of nitrogens with zero attached hydrogens (tertiary/aromatic N) is 5. The molecule has 0 saturated heterocycles. The van der Waals surface area contributed by atoms with Gasteiger partial charge in [-0.15, -0.1) is 0 Å². The van der Waals surface area contributed by atoms with E-state index < -0.39 is 0 Å². The monoisotopic (exact) mass is 337 g/mol. The van der Waals surface area contributed by atoms with Crippen molar-refractivity contribution >= 4 is 11.6 Å². The summed E-state index contributed by atoms with van der Waals surface area (Å²) in [5, 5.41) is 0. The number of fused-ring (bicyclic) bond motifs is 1. The molecule has 2 aliphatic rings. The Bertz CT molecular complexity index is 912. The zero-order chi connectivity index (χ0) is 18.1. The fourth-order valence-corrected chi connectivity index (χ4v) is 2.72. The number of aromatic nitrogens is 3. The molecule has 1 aromatic rings. The standard InChI is InChI=1S/C19H23N5O/c1-22(2)14-8-6-13(7-9-14)12-15-17-16(10-11-24(5)18(15)25)20-19(21-17)23(3)4/h6-11H,12H2,1-5H3. The Balaban J connectivity index is 2.10. The molecular formula is C19H23N5O. The Morgan fingerprint density at radius 3 is 2.24 bits per heavy atom. The van der Waals surface area contributed by atoms with E-state index in [0.29, 0.717) is 23.6 Å². The predicted octanol–water partition coefficient (Wildman–Crippen LogP) is 2.00. The summed E-state index contributed by atoms with van der Waals surface area (Å²) in [6.07, 6.45) is 2.27. The van der Waals surface area contributed by atoms with Gasteiger partial charge in [0.05, 0.1) is 5.69 Å². The Kier molecular flexibility index (Phi) is 4.44. The fourth-order valence-electron chi connectivity index (χ4n) is 2.72. The largest absolute Gasteiger partial charge is 0.378 e. The SMILES string of the molecule is CN(C)c1ccc(Cc2c3nc(N(C)C)nc-3ccn(C)c2=O)cc1. The van der Waals surface area contributed by atoms with Gasteiger partial charge in [-0.25, -0.2) is 9.97 Å². The molecule has 0 spiro atoms. The van der Waals surface area contributed by atoms with Crippen LogP contribution >= 0.6 is 0 Å². The van der Waals surface area contributed by atoms with Gasteiger partial charge in [0.15, 0.2) is 0 Å². The highest BCUT2D eigenvalue weighted by Gasteiger charge is 2.19. The van der Waals surface area contributed by atoms with Crippen LogP contribution in [-0.2, 0) is 13.5 Å². The zero-order valence-electron chi connectivity index (χ0n) is 15.3. The minimum atomic E-state index is -0.0445. The molecular weight excluding hydrogens is 314 g/mol. The molecule has 0 saturated carbocycles. The molecule has 0 fully saturated rings. The van der Waals surface area contributed by atoms with E-state index in [0.717, 1.165) is 16.9 Å². The summed E-state index contributed by atoms with van der Waals surface area (Å²) in [7, 11) is 9.56. The summed E-state index contributed by atoms with van der Waals surface area (Å²) < 4.78 is 1.59. The van der Waals surface area contributed by atoms with Crippen LogP contribution < -0.4 is 15.4 Å². The van der Waals surface area contributed by atoms with Crippen molar-refractivity contribution in [3.63, 3.8) is 0 Å². The van der Waals surface area contributed by atoms with E-state index in [1.54, 1.807) is 17.8 Å². The van der Waals surface area contributed by atoms with Gasteiger partial charge in [-0.2, -0.15) is 0 Å². The molecule has 2 aliphatic heterocycles. The van der Waals surface area contributed by atoms with E-state index in [2.05, 4.69) is 39.1 Å². The van der Waals surface area contributed by atoms with Crippen molar-refractivity contribution in [3.05, 3.63) is 58.0 Å². The smallest absolute Gasteiger partial charge is 0.256 e. The molecule has 0 aliphatic carbocycles. The zero-order valence-corrected chi connectivity index (χ0v) is 15.3. The van der Waals surface area contributed by atoms with Crippen molar-refractivity contribution in [2.24, 2.45) is 7.05 Å². The molecule has 1 aromatic carbocycles. The van der Waals surface area contributed by atoms with Gasteiger partial charge in [-0.1, -0.05) is 12.1 Å². The molecule has 3 rings (SSSR count). The first-order valence-corrected chi connectivity index (χ1v) is 8.16. The summed E-state index contributed by atoms with van der Waals surface area (Å²) in [4.78, 5) is 25.8. The van der Waals surface area contributed by atoms with Crippen LogP contribution in [0.1, 0.15) is 11.1 Å². The van der Waals surface area contributed by atoms with E-state index in [1.807, 2.05) is 39.2 Å². The second-order valence-electron chi connectivity index (χ2n) is 6.60. The van der Waals surface area contributed by atoms with E-state index in [9.17, 15) is 4.79 Å². The Hall–Kier alpha value is -2.89. The van der Waals surface area contributed by atoms with Crippen molar-refractivity contribution in [2.75, 3.05) is 38.0 Å². The molecule has 0 atom stereocenters. The van der Waals surface area contributed by atoms with Crippen molar-refractivity contribution in [1.29, 1.82) is 0 Å². The number of aryl methyl sites for hydroxylation is 1. The van der Waals surface area contributed by atoms with E-state index in [-0.39, 0.29) is 5.56 Å². The van der Waals surface area contributed by atoms with Gasteiger partial charge in [0, 0.05) is 59.1 Å². The van der Waals surface area contributed by atoms with Crippen LogP contribution in [-0.4, -0.2) is 42.7 Å². The summed E-state index contributed by atoms with van der Waals surface area (Å²) in [5.74, 6) is 0.618. The summed E-state index contributed by atoms with van der Waals surface area (Å²) in [5.41, 5.74) is 4.23. The van der Waals surface area contributed by atoms with Crippen molar-refractivity contribution in [1.82, 2.24) is 14.5 Å². The maximum Gasteiger partial charge on any atom is 0.256 e. The first-order valence-electron chi connectivity index (χ1n) is 8.16. The lowest BCUT2D eigenvalue weighted by Crippen LogP contribution is -2.19. The molecule has 2 heterocycles. The number of imidazole rings is 1. The van der Waals surface area contributed by atoms with Gasteiger partial charge >= 0.3 is 0 Å². The van der Waals surface area contributed by atoms with Gasteiger partial charge in [-0.3, -0.25) is 4.79 Å². The first-order chi connectivity index (χ1) is 11.9. The molecule has 0 radical (unpaired) electrons. The quantitative estimate of drug-likeness (QED) is 0.729. The van der Waals surface area contributed by atoms with Crippen LogP contribution in [0, 0.1) is 0 Å². The minimum absolute atomic E-state index is 0.0445. The lowest BCUT2D eigenvalue weighted by atomic mass is 10.0. The minimum Gasteiger partial charge on any atom is -0.378 e. The van der Waals surface area contributed by atoms with E-state index in [1.165, 1.54) is 0 Å². The molecule has 0 N–H and O–H groups in total. The number of hydrogen-bond acceptors (Lipinski definition) is 5. The lowest BCUT2D eigenvalue weighted by molar-refractivity contribution is 0.852. The average molecular weight is 337 g/mol. The molecule has 6 heteroatoms. The molecule has 0 unspecified atom stereocenters. The first kappa shape index (κ1) is 17.0. The van der Waals surface area contributed by atoms with Crippen LogP contribution in [0.4, 0.5) is 11.6 Å². The van der Waals surface area contributed by atoms with Crippen molar-refractivity contribution in [3.8, 4) is 11.4 Å². The van der Waals surface area contributed by atoms with Gasteiger partial charge in [0.1, 0.15) is 5.69 Å². The highest BCUT2D eigenvalue weighted by molar-refractivity contribution is 5.64. The van der Waals surface area contributed by atoms with Crippen LogP contribution in [0.25, 0.3) is 11.4 Å². The summed E-state index contributed by atoms with van der Waals surface area (Å²) in [6, 6.07) is 10.1. The van der Waals surface area contributed by atoms with Gasteiger partial charge in [-0.05, 0) is 23.8 Å². The number of rotatable bonds is 4. The molecule has 130 valence electrons. The Morgan fingerprint density at radius 1 is 0.960 bits per heavy atom. The highest BCUT2D eigenvalue weighted by atomic mass is 16.1. The molecule has 0 bridgehead atoms. The molecule has 25 heavy (non-hydrogen) atoms. The maximum absolute atomic E-state index is 12.8. The van der Waals surface area contributed by atoms with Crippen LogP contribution in [0.5, 0.6) is 0 Å². The molecule has 0 amide bonds. The van der Waals surface area contributed by atoms with Crippen molar-refractivity contribution in [2.45, 2.75) is 6.42 Å². The van der Waals surface area contributed by atoms with Crippen LogP contribution in [0.2, 0.25) is 0 Å². The fraction of sp³-hybridized carbons (Fsp3) is 0.316. The Morgan fingerprint density at radius 2 is 1.64 bits per heavy atom. The third-order valence-corrected chi connectivity index (χ3v) is 4.23. The number of anilines is 2. The maximum atomic E-state index is 12.8. The molecule has 0 aromatic heterocycles. The van der Waals surface area contributed by atoms with Gasteiger partial charge in [0.25, 0.3) is 5.56 Å². The number of hydrogen-bond donors (Lipinski definition) is 0. The Labute approximate surface area is 147 Å². The third kappa shape index (κ3) is 3.33. The van der Waals surface area contributed by atoms with Gasteiger partial charge in [0.2, 0.25) is 5.95 Å². The topological polar surface area (TPSA) is 54.3 Å². The van der Waals surface area contributed by atoms with Crippen molar-refractivity contribution < 1.29 is 0 Å². The van der Waals surface area contributed by atoms with E-state index >= 15 is 0 Å². The van der Waals surface area contributed by atoms with Crippen LogP contribution in [0.15, 0.2) is 41.3 Å². The normalized spacial score (nSPS) is 10.9. The predicted molar refractivity (Wildman–Crippen MR) is 102 cm³/mol. The van der Waals surface area contributed by atoms with Crippen LogP contribution in [0.3, 0.4) is 0 Å². The second-order valence-corrected chi connectivity index (χ2v) is 6.60.